The number of rotatable bonds is 10. The first-order chi connectivity index (χ1) is 20.0. The lowest BCUT2D eigenvalue weighted by molar-refractivity contribution is -0.138. The summed E-state index contributed by atoms with van der Waals surface area (Å²) in [5, 5.41) is 9.29. The van der Waals surface area contributed by atoms with E-state index < -0.39 is 5.54 Å². The summed E-state index contributed by atoms with van der Waals surface area (Å²) in [6, 6.07) is 31.6. The minimum absolute atomic E-state index is 0.0647. The van der Waals surface area contributed by atoms with Gasteiger partial charge in [0.25, 0.3) is 0 Å². The van der Waals surface area contributed by atoms with E-state index in [1.165, 1.54) is 11.1 Å². The molecule has 3 aromatic carbocycles. The number of benzene rings is 3. The van der Waals surface area contributed by atoms with Crippen LogP contribution in [0.4, 0.5) is 0 Å². The summed E-state index contributed by atoms with van der Waals surface area (Å²) in [6.45, 7) is 6.45. The van der Waals surface area contributed by atoms with Crippen molar-refractivity contribution < 1.29 is 4.79 Å². The monoisotopic (exact) mass is 545 g/mol. The highest BCUT2D eigenvalue weighted by atomic mass is 16.2. The van der Waals surface area contributed by atoms with Crippen molar-refractivity contribution in [1.82, 2.24) is 19.8 Å². The van der Waals surface area contributed by atoms with E-state index in [1.807, 2.05) is 30.5 Å². The first kappa shape index (κ1) is 28.3. The zero-order valence-electron chi connectivity index (χ0n) is 24.0. The van der Waals surface area contributed by atoms with Crippen molar-refractivity contribution in [2.45, 2.75) is 51.1 Å². The Hall–Kier alpha value is -4.21. The van der Waals surface area contributed by atoms with Gasteiger partial charge in [-0.1, -0.05) is 79.7 Å². The first-order valence-electron chi connectivity index (χ1n) is 14.6. The Morgan fingerprint density at radius 3 is 2.27 bits per heavy atom. The number of nitriles is 1. The number of piperidine rings is 1. The first-order valence-corrected chi connectivity index (χ1v) is 14.6. The van der Waals surface area contributed by atoms with Gasteiger partial charge in [-0.05, 0) is 60.5 Å². The number of carbonyl (C=O) groups is 1. The molecular formula is C35H39N5O. The SMILES string of the molecule is CCC(Cc1ccc(C#N)cc1)(c1cnc[nH]1)N(C[C@H]1CCCN(C(c2ccccc2)c2ccccc2)C1)C(C)=O. The van der Waals surface area contributed by atoms with Crippen LogP contribution in [0.2, 0.25) is 0 Å². The molecule has 1 amide bonds. The van der Waals surface area contributed by atoms with E-state index in [0.29, 0.717) is 24.4 Å². The van der Waals surface area contributed by atoms with E-state index in [0.717, 1.165) is 43.6 Å². The van der Waals surface area contributed by atoms with Crippen LogP contribution in [0.5, 0.6) is 0 Å². The maximum atomic E-state index is 13.5. The Morgan fingerprint density at radius 2 is 1.73 bits per heavy atom. The number of H-pyrrole nitrogens is 1. The molecule has 0 bridgehead atoms. The van der Waals surface area contributed by atoms with Crippen LogP contribution >= 0.6 is 0 Å². The lowest BCUT2D eigenvalue weighted by atomic mass is 9.81. The van der Waals surface area contributed by atoms with Gasteiger partial charge in [0, 0.05) is 26.4 Å². The summed E-state index contributed by atoms with van der Waals surface area (Å²) in [5.74, 6) is 0.396. The van der Waals surface area contributed by atoms with Crippen molar-refractivity contribution in [3.63, 3.8) is 0 Å². The molecule has 2 atom stereocenters. The molecule has 0 saturated carbocycles. The Labute approximate surface area is 243 Å². The summed E-state index contributed by atoms with van der Waals surface area (Å²) in [7, 11) is 0. The summed E-state index contributed by atoms with van der Waals surface area (Å²) in [4.78, 5) is 25.9. The maximum Gasteiger partial charge on any atom is 0.220 e. The van der Waals surface area contributed by atoms with E-state index in [4.69, 9.17) is 0 Å². The van der Waals surface area contributed by atoms with Crippen LogP contribution < -0.4 is 0 Å². The van der Waals surface area contributed by atoms with Gasteiger partial charge in [-0.2, -0.15) is 5.26 Å². The fourth-order valence-corrected chi connectivity index (χ4v) is 6.62. The number of carbonyl (C=O) groups excluding carboxylic acids is 1. The van der Waals surface area contributed by atoms with Crippen LogP contribution in [0, 0.1) is 17.2 Å². The molecule has 41 heavy (non-hydrogen) atoms. The molecule has 6 nitrogen and oxygen atoms in total. The third kappa shape index (κ3) is 6.26. The van der Waals surface area contributed by atoms with E-state index >= 15 is 0 Å². The quantitative estimate of drug-likeness (QED) is 0.247. The topological polar surface area (TPSA) is 76.0 Å². The lowest BCUT2D eigenvalue weighted by Gasteiger charge is -2.46. The predicted octanol–water partition coefficient (Wildman–Crippen LogP) is 6.48. The molecule has 1 saturated heterocycles. The van der Waals surface area contributed by atoms with E-state index in [2.05, 4.69) is 93.4 Å². The highest BCUT2D eigenvalue weighted by molar-refractivity contribution is 5.74. The van der Waals surface area contributed by atoms with Crippen molar-refractivity contribution in [1.29, 1.82) is 5.26 Å². The van der Waals surface area contributed by atoms with Gasteiger partial charge < -0.3 is 9.88 Å². The highest BCUT2D eigenvalue weighted by Gasteiger charge is 2.42. The van der Waals surface area contributed by atoms with E-state index in [-0.39, 0.29) is 11.9 Å². The summed E-state index contributed by atoms with van der Waals surface area (Å²) in [5.41, 5.74) is 4.68. The van der Waals surface area contributed by atoms with Crippen LogP contribution in [0.15, 0.2) is 97.5 Å². The minimum atomic E-state index is -0.572. The third-order valence-electron chi connectivity index (χ3n) is 8.65. The molecule has 1 N–H and O–H groups in total. The average molecular weight is 546 g/mol. The Bertz CT molecular complexity index is 1390. The molecule has 1 fully saturated rings. The fourth-order valence-electron chi connectivity index (χ4n) is 6.62. The van der Waals surface area contributed by atoms with Gasteiger partial charge in [0.05, 0.1) is 41.4 Å². The number of amides is 1. The van der Waals surface area contributed by atoms with Crippen molar-refractivity contribution in [3.8, 4) is 6.07 Å². The van der Waals surface area contributed by atoms with Gasteiger partial charge in [-0.3, -0.25) is 9.69 Å². The van der Waals surface area contributed by atoms with Crippen LogP contribution in [0.25, 0.3) is 0 Å². The molecule has 1 unspecified atom stereocenters. The van der Waals surface area contributed by atoms with Gasteiger partial charge in [-0.15, -0.1) is 0 Å². The second kappa shape index (κ2) is 13.0. The number of nitrogens with zero attached hydrogens (tertiary/aromatic N) is 4. The van der Waals surface area contributed by atoms with Crippen LogP contribution in [-0.4, -0.2) is 45.3 Å². The predicted molar refractivity (Wildman–Crippen MR) is 162 cm³/mol. The second-order valence-corrected chi connectivity index (χ2v) is 11.2. The van der Waals surface area contributed by atoms with Crippen molar-refractivity contribution in [2.24, 2.45) is 5.92 Å². The largest absolute Gasteiger partial charge is 0.347 e. The molecule has 5 rings (SSSR count). The average Bonchev–Trinajstić information content (AvgIpc) is 3.56. The van der Waals surface area contributed by atoms with Crippen LogP contribution in [-0.2, 0) is 16.8 Å². The Kier molecular flexibility index (Phi) is 8.96. The molecule has 0 radical (unpaired) electrons. The number of nitrogens with one attached hydrogen (secondary N) is 1. The molecule has 1 aliphatic rings. The van der Waals surface area contributed by atoms with Crippen molar-refractivity contribution in [3.05, 3.63) is 125 Å². The third-order valence-corrected chi connectivity index (χ3v) is 8.65. The second-order valence-electron chi connectivity index (χ2n) is 11.2. The number of hydrogen-bond acceptors (Lipinski definition) is 4. The number of aromatic amines is 1. The minimum Gasteiger partial charge on any atom is -0.347 e. The van der Waals surface area contributed by atoms with Gasteiger partial charge in [0.2, 0.25) is 5.91 Å². The number of likely N-dealkylation sites (tertiary alicyclic amines) is 1. The standard InChI is InChI=1S/C35H39N5O/c1-3-35(33-23-37-26-38-33,21-28-16-18-29(22-36)19-17-28)40(27(2)41)25-30-11-10-20-39(24-30)34(31-12-6-4-7-13-31)32-14-8-5-9-15-32/h4-9,12-19,23,26,30,34H,3,10-11,20-21,24-25H2,1-2H3,(H,37,38)/t30-,35?/m0/s1. The van der Waals surface area contributed by atoms with Crippen LogP contribution in [0.1, 0.15) is 67.1 Å². The molecule has 4 aromatic rings. The number of aromatic nitrogens is 2. The highest BCUT2D eigenvalue weighted by Crippen LogP contribution is 2.38. The Balaban J connectivity index is 1.45. The normalized spacial score (nSPS) is 17.1. The summed E-state index contributed by atoms with van der Waals surface area (Å²) in [6.07, 6.45) is 7.11. The summed E-state index contributed by atoms with van der Waals surface area (Å²) < 4.78 is 0. The van der Waals surface area contributed by atoms with Crippen molar-refractivity contribution in [2.75, 3.05) is 19.6 Å². The van der Waals surface area contributed by atoms with Gasteiger partial charge in [0.15, 0.2) is 0 Å². The van der Waals surface area contributed by atoms with Gasteiger partial charge in [0.1, 0.15) is 0 Å². The van der Waals surface area contributed by atoms with Gasteiger partial charge >= 0.3 is 0 Å². The molecular weight excluding hydrogens is 506 g/mol. The Morgan fingerprint density at radius 1 is 1.07 bits per heavy atom. The van der Waals surface area contributed by atoms with Gasteiger partial charge in [-0.25, -0.2) is 4.98 Å². The van der Waals surface area contributed by atoms with E-state index in [9.17, 15) is 10.1 Å². The zero-order valence-corrected chi connectivity index (χ0v) is 24.0. The number of imidazole rings is 1. The van der Waals surface area contributed by atoms with Crippen LogP contribution in [0.3, 0.4) is 0 Å². The summed E-state index contributed by atoms with van der Waals surface area (Å²) >= 11 is 0. The van der Waals surface area contributed by atoms with E-state index in [1.54, 1.807) is 13.3 Å². The molecule has 6 heteroatoms. The fraction of sp³-hybridized carbons (Fsp3) is 0.343. The molecule has 1 aliphatic heterocycles. The molecule has 0 spiro atoms. The van der Waals surface area contributed by atoms with Crippen molar-refractivity contribution >= 4 is 5.91 Å². The maximum absolute atomic E-state index is 13.5. The molecule has 1 aromatic heterocycles. The lowest BCUT2D eigenvalue weighted by Crippen LogP contribution is -2.53. The molecule has 210 valence electrons. The zero-order chi connectivity index (χ0) is 28.7. The smallest absolute Gasteiger partial charge is 0.220 e. The molecule has 0 aliphatic carbocycles. The molecule has 2 heterocycles. The number of hydrogen-bond donors (Lipinski definition) is 1.